The number of nitrogens with zero attached hydrogens (tertiary/aromatic N) is 1. The minimum atomic E-state index is -3.40. The van der Waals surface area contributed by atoms with E-state index in [-0.39, 0.29) is 18.9 Å². The molecule has 1 N–H and O–H groups in total. The number of carbonyl (C=O) groups is 1. The van der Waals surface area contributed by atoms with Crippen molar-refractivity contribution in [3.8, 4) is 0 Å². The number of benzene rings is 2. The van der Waals surface area contributed by atoms with E-state index in [0.29, 0.717) is 22.8 Å². The van der Waals surface area contributed by atoms with Crippen LogP contribution in [0, 0.1) is 6.92 Å². The van der Waals surface area contributed by atoms with Crippen molar-refractivity contribution < 1.29 is 13.2 Å². The quantitative estimate of drug-likeness (QED) is 0.793. The zero-order valence-electron chi connectivity index (χ0n) is 14.2. The third-order valence-corrected chi connectivity index (χ3v) is 5.11. The molecule has 0 aliphatic heterocycles. The highest BCUT2D eigenvalue weighted by atomic mass is 35.5. The second-order valence-corrected chi connectivity index (χ2v) is 8.12. The molecule has 0 heterocycles. The molecule has 2 aromatic carbocycles. The second-order valence-electron chi connectivity index (χ2n) is 5.78. The van der Waals surface area contributed by atoms with Gasteiger partial charge in [-0.3, -0.25) is 9.10 Å². The normalized spacial score (nSPS) is 11.2. The Morgan fingerprint density at radius 3 is 2.48 bits per heavy atom. The van der Waals surface area contributed by atoms with E-state index in [4.69, 9.17) is 11.6 Å². The Balaban J connectivity index is 1.96. The smallest absolute Gasteiger partial charge is 0.232 e. The summed E-state index contributed by atoms with van der Waals surface area (Å²) in [6.45, 7) is 2.12. The lowest BCUT2D eigenvalue weighted by atomic mass is 10.2. The Bertz CT molecular complexity index is 839. The van der Waals surface area contributed by atoms with Crippen LogP contribution >= 0.6 is 11.6 Å². The lowest BCUT2D eigenvalue weighted by Crippen LogP contribution is -2.31. The first kappa shape index (κ1) is 19.3. The summed E-state index contributed by atoms with van der Waals surface area (Å²) >= 11 is 5.94. The van der Waals surface area contributed by atoms with Gasteiger partial charge in [0.25, 0.3) is 0 Å². The summed E-state index contributed by atoms with van der Waals surface area (Å²) in [6.07, 6.45) is 1.79. The van der Waals surface area contributed by atoms with Gasteiger partial charge < -0.3 is 5.32 Å². The van der Waals surface area contributed by atoms with Crippen LogP contribution in [-0.4, -0.2) is 27.1 Å². The molecular formula is C18H21ClN2O3S. The van der Waals surface area contributed by atoms with Crippen LogP contribution in [0.25, 0.3) is 0 Å². The van der Waals surface area contributed by atoms with E-state index in [0.717, 1.165) is 11.8 Å². The first-order chi connectivity index (χ1) is 11.8. The molecule has 0 spiro atoms. The first-order valence-electron chi connectivity index (χ1n) is 7.86. The molecule has 0 fully saturated rings. The Morgan fingerprint density at radius 2 is 1.84 bits per heavy atom. The number of aryl methyl sites for hydroxylation is 1. The van der Waals surface area contributed by atoms with Crippen molar-refractivity contribution >= 4 is 38.9 Å². The van der Waals surface area contributed by atoms with Crippen molar-refractivity contribution in [3.05, 3.63) is 59.1 Å². The zero-order chi connectivity index (χ0) is 18.4. The van der Waals surface area contributed by atoms with Gasteiger partial charge in [0.1, 0.15) is 0 Å². The molecule has 0 bridgehead atoms. The van der Waals surface area contributed by atoms with E-state index in [2.05, 4.69) is 5.32 Å². The molecule has 2 rings (SSSR count). The van der Waals surface area contributed by atoms with Gasteiger partial charge in [0, 0.05) is 23.7 Å². The van der Waals surface area contributed by atoms with E-state index in [1.807, 2.05) is 19.1 Å². The van der Waals surface area contributed by atoms with Crippen molar-refractivity contribution in [2.24, 2.45) is 0 Å². The summed E-state index contributed by atoms with van der Waals surface area (Å²) in [6, 6.07) is 14.1. The first-order valence-corrected chi connectivity index (χ1v) is 10.1. The standard InChI is InChI=1S/C18H21ClN2O3S/c1-14-10-11-15(19)13-17(14)20-18(22)9-6-12-21(25(2,23)24)16-7-4-3-5-8-16/h3-5,7-8,10-11,13H,6,9,12H2,1-2H3,(H,20,22). The highest BCUT2D eigenvalue weighted by molar-refractivity contribution is 7.92. The summed E-state index contributed by atoms with van der Waals surface area (Å²) in [5, 5.41) is 3.36. The number of rotatable bonds is 7. The maximum Gasteiger partial charge on any atom is 0.232 e. The molecule has 0 radical (unpaired) electrons. The number of carbonyl (C=O) groups excluding carboxylic acids is 1. The van der Waals surface area contributed by atoms with E-state index in [9.17, 15) is 13.2 Å². The third kappa shape index (κ3) is 5.76. The topological polar surface area (TPSA) is 66.5 Å². The van der Waals surface area contributed by atoms with Crippen LogP contribution in [0.1, 0.15) is 18.4 Å². The van der Waals surface area contributed by atoms with Gasteiger partial charge in [-0.25, -0.2) is 8.42 Å². The molecule has 0 aromatic heterocycles. The van der Waals surface area contributed by atoms with Crippen LogP contribution in [0.5, 0.6) is 0 Å². The fourth-order valence-corrected chi connectivity index (χ4v) is 3.54. The molecule has 0 saturated heterocycles. The zero-order valence-corrected chi connectivity index (χ0v) is 15.8. The lowest BCUT2D eigenvalue weighted by Gasteiger charge is -2.22. The van der Waals surface area contributed by atoms with Gasteiger partial charge in [-0.05, 0) is 43.2 Å². The fraction of sp³-hybridized carbons (Fsp3) is 0.278. The maximum atomic E-state index is 12.1. The SMILES string of the molecule is Cc1ccc(Cl)cc1NC(=O)CCCN(c1ccccc1)S(C)(=O)=O. The number of anilines is 2. The molecule has 0 aliphatic rings. The van der Waals surface area contributed by atoms with Crippen LogP contribution in [0.3, 0.4) is 0 Å². The van der Waals surface area contributed by atoms with E-state index >= 15 is 0 Å². The average molecular weight is 381 g/mol. The predicted octanol–water partition coefficient (Wildman–Crippen LogP) is 3.83. The van der Waals surface area contributed by atoms with E-state index < -0.39 is 10.0 Å². The van der Waals surface area contributed by atoms with Crippen molar-refractivity contribution in [1.29, 1.82) is 0 Å². The van der Waals surface area contributed by atoms with Crippen molar-refractivity contribution in [1.82, 2.24) is 0 Å². The summed E-state index contributed by atoms with van der Waals surface area (Å²) < 4.78 is 25.3. The van der Waals surface area contributed by atoms with Gasteiger partial charge in [-0.2, -0.15) is 0 Å². The van der Waals surface area contributed by atoms with E-state index in [1.54, 1.807) is 36.4 Å². The minimum Gasteiger partial charge on any atom is -0.326 e. The van der Waals surface area contributed by atoms with Gasteiger partial charge in [-0.1, -0.05) is 35.9 Å². The number of sulfonamides is 1. The third-order valence-electron chi connectivity index (χ3n) is 3.68. The van der Waals surface area contributed by atoms with Gasteiger partial charge in [0.05, 0.1) is 11.9 Å². The molecule has 0 aliphatic carbocycles. The highest BCUT2D eigenvalue weighted by Crippen LogP contribution is 2.21. The average Bonchev–Trinajstić information content (AvgIpc) is 2.54. The van der Waals surface area contributed by atoms with Gasteiger partial charge in [-0.15, -0.1) is 0 Å². The summed E-state index contributed by atoms with van der Waals surface area (Å²) in [5.74, 6) is -0.174. The maximum absolute atomic E-state index is 12.1. The second kappa shape index (κ2) is 8.36. The number of para-hydroxylation sites is 1. The predicted molar refractivity (Wildman–Crippen MR) is 103 cm³/mol. The number of hydrogen-bond acceptors (Lipinski definition) is 3. The van der Waals surface area contributed by atoms with E-state index in [1.165, 1.54) is 4.31 Å². The number of hydrogen-bond donors (Lipinski definition) is 1. The van der Waals surface area contributed by atoms with Crippen molar-refractivity contribution in [2.45, 2.75) is 19.8 Å². The number of nitrogens with one attached hydrogen (secondary N) is 1. The minimum absolute atomic E-state index is 0.174. The van der Waals surface area contributed by atoms with Gasteiger partial charge >= 0.3 is 0 Å². The van der Waals surface area contributed by atoms with Crippen molar-refractivity contribution in [2.75, 3.05) is 22.4 Å². The van der Waals surface area contributed by atoms with Crippen LogP contribution < -0.4 is 9.62 Å². The van der Waals surface area contributed by atoms with Crippen LogP contribution in [0.2, 0.25) is 5.02 Å². The van der Waals surface area contributed by atoms with Gasteiger partial charge in [0.15, 0.2) is 0 Å². The number of amides is 1. The highest BCUT2D eigenvalue weighted by Gasteiger charge is 2.17. The van der Waals surface area contributed by atoms with Crippen LogP contribution in [-0.2, 0) is 14.8 Å². The Hall–Kier alpha value is -2.05. The molecule has 25 heavy (non-hydrogen) atoms. The molecule has 0 unspecified atom stereocenters. The molecule has 7 heteroatoms. The Labute approximate surface area is 153 Å². The molecule has 0 atom stereocenters. The van der Waals surface area contributed by atoms with Crippen LogP contribution in [0.15, 0.2) is 48.5 Å². The van der Waals surface area contributed by atoms with Crippen LogP contribution in [0.4, 0.5) is 11.4 Å². The monoisotopic (exact) mass is 380 g/mol. The molecule has 134 valence electrons. The molecular weight excluding hydrogens is 360 g/mol. The molecule has 5 nitrogen and oxygen atoms in total. The summed E-state index contributed by atoms with van der Waals surface area (Å²) in [5.41, 5.74) is 2.18. The molecule has 2 aromatic rings. The van der Waals surface area contributed by atoms with Gasteiger partial charge in [0.2, 0.25) is 15.9 Å². The number of halogens is 1. The largest absolute Gasteiger partial charge is 0.326 e. The summed E-state index contributed by atoms with van der Waals surface area (Å²) in [4.78, 5) is 12.1. The molecule has 0 saturated carbocycles. The molecule has 1 amide bonds. The van der Waals surface area contributed by atoms with Crippen molar-refractivity contribution in [3.63, 3.8) is 0 Å². The lowest BCUT2D eigenvalue weighted by molar-refractivity contribution is -0.116. The fourth-order valence-electron chi connectivity index (χ4n) is 2.41. The Morgan fingerprint density at radius 1 is 1.16 bits per heavy atom. The Kier molecular flexibility index (Phi) is 6.45. The summed E-state index contributed by atoms with van der Waals surface area (Å²) in [7, 11) is -3.40.